The summed E-state index contributed by atoms with van der Waals surface area (Å²) in [6.45, 7) is 9.59. The first-order chi connectivity index (χ1) is 25.2. The van der Waals surface area contributed by atoms with Gasteiger partial charge in [-0.3, -0.25) is 14.3 Å². The molecule has 3 amide bonds. The molecule has 54 heavy (non-hydrogen) atoms. The van der Waals surface area contributed by atoms with E-state index in [2.05, 4.69) is 15.4 Å². The zero-order chi connectivity index (χ0) is 39.7. The molecule has 2 aromatic carbocycles. The number of imide groups is 1. The lowest BCUT2D eigenvalue weighted by Gasteiger charge is -2.29. The highest BCUT2D eigenvalue weighted by Gasteiger charge is 2.36. The molecule has 0 unspecified atom stereocenters. The zero-order valence-corrected chi connectivity index (χ0v) is 30.7. The normalized spacial score (nSPS) is 11.5. The second-order valence-corrected chi connectivity index (χ2v) is 14.1. The van der Waals surface area contributed by atoms with E-state index in [1.165, 1.54) is 58.4 Å². The van der Waals surface area contributed by atoms with E-state index in [-0.39, 0.29) is 33.8 Å². The van der Waals surface area contributed by atoms with Crippen LogP contribution in [-0.2, 0) is 23.6 Å². The molecule has 1 N–H and O–H groups in total. The first kappa shape index (κ1) is 38.8. The monoisotopic (exact) mass is 746 g/mol. The summed E-state index contributed by atoms with van der Waals surface area (Å²) in [6, 6.07) is 7.70. The number of hydrogen-bond donors (Lipinski definition) is 1. The standard InChI is InChI=1S/C38H37F3N6O7/c1-37(2,3)53-35(50)47(36(51)54-38(4,5)6)33-31(22-17-43-46(8)18-22)29(13-14-42-33)52-30-16-26(40)28(15-27(30)41)44-34(49)25-20-45(7)19-24(32(25)48)21-9-11-23(39)12-10-21/h9-20H,1-8H3,(H,44,49). The van der Waals surface area contributed by atoms with Gasteiger partial charge in [-0.1, -0.05) is 12.1 Å². The van der Waals surface area contributed by atoms with E-state index in [9.17, 15) is 23.6 Å². The van der Waals surface area contributed by atoms with Gasteiger partial charge in [-0.05, 0) is 65.3 Å². The van der Waals surface area contributed by atoms with Crippen LogP contribution in [0.2, 0.25) is 0 Å². The molecular weight excluding hydrogens is 709 g/mol. The van der Waals surface area contributed by atoms with Gasteiger partial charge in [-0.25, -0.2) is 27.7 Å². The van der Waals surface area contributed by atoms with Crippen LogP contribution >= 0.6 is 0 Å². The first-order valence-corrected chi connectivity index (χ1v) is 16.4. The molecule has 0 saturated heterocycles. The van der Waals surface area contributed by atoms with Gasteiger partial charge in [-0.2, -0.15) is 10.00 Å². The fourth-order valence-corrected chi connectivity index (χ4v) is 5.09. The number of aromatic nitrogens is 4. The quantitative estimate of drug-likeness (QED) is 0.175. The van der Waals surface area contributed by atoms with Gasteiger partial charge in [0.2, 0.25) is 5.43 Å². The second-order valence-electron chi connectivity index (χ2n) is 14.1. The van der Waals surface area contributed by atoms with Gasteiger partial charge in [0.15, 0.2) is 23.2 Å². The number of pyridine rings is 2. The molecule has 282 valence electrons. The number of rotatable bonds is 7. The number of carbonyl (C=O) groups excluding carboxylic acids is 3. The van der Waals surface area contributed by atoms with Crippen molar-refractivity contribution in [1.29, 1.82) is 0 Å². The minimum atomic E-state index is -1.14. The average molecular weight is 747 g/mol. The highest BCUT2D eigenvalue weighted by molar-refractivity contribution is 6.11. The van der Waals surface area contributed by atoms with Crippen LogP contribution in [0, 0.1) is 17.5 Å². The Labute approximate surface area is 307 Å². The fourth-order valence-electron chi connectivity index (χ4n) is 5.09. The second kappa shape index (κ2) is 14.9. The van der Waals surface area contributed by atoms with Gasteiger partial charge in [0.05, 0.1) is 17.4 Å². The maximum atomic E-state index is 15.7. The molecule has 16 heteroatoms. The van der Waals surface area contributed by atoms with Crippen molar-refractivity contribution < 1.29 is 41.8 Å². The molecule has 0 spiro atoms. The van der Waals surface area contributed by atoms with Crippen LogP contribution in [0.3, 0.4) is 0 Å². The van der Waals surface area contributed by atoms with Crippen LogP contribution in [0.1, 0.15) is 51.9 Å². The molecule has 5 rings (SSSR count). The predicted octanol–water partition coefficient (Wildman–Crippen LogP) is 7.99. The summed E-state index contributed by atoms with van der Waals surface area (Å²) < 4.78 is 64.6. The number of amides is 3. The Morgan fingerprint density at radius 3 is 2.00 bits per heavy atom. The fraction of sp³-hybridized carbons (Fsp3) is 0.263. The van der Waals surface area contributed by atoms with Gasteiger partial charge in [0.25, 0.3) is 5.91 Å². The zero-order valence-electron chi connectivity index (χ0n) is 30.7. The first-order valence-electron chi connectivity index (χ1n) is 16.4. The Morgan fingerprint density at radius 2 is 1.43 bits per heavy atom. The van der Waals surface area contributed by atoms with Crippen LogP contribution in [0.4, 0.5) is 34.3 Å². The van der Waals surface area contributed by atoms with E-state index in [1.54, 1.807) is 55.6 Å². The van der Waals surface area contributed by atoms with E-state index >= 15 is 8.78 Å². The summed E-state index contributed by atoms with van der Waals surface area (Å²) in [4.78, 5) is 58.4. The van der Waals surface area contributed by atoms with Crippen molar-refractivity contribution in [3.8, 4) is 33.8 Å². The van der Waals surface area contributed by atoms with Crippen LogP contribution in [-0.4, -0.2) is 48.6 Å². The van der Waals surface area contributed by atoms with Crippen molar-refractivity contribution in [2.24, 2.45) is 14.1 Å². The minimum Gasteiger partial charge on any atom is -0.453 e. The van der Waals surface area contributed by atoms with Crippen molar-refractivity contribution >= 4 is 29.6 Å². The third kappa shape index (κ3) is 8.94. The number of halogens is 3. The van der Waals surface area contributed by atoms with Crippen molar-refractivity contribution in [2.45, 2.75) is 52.7 Å². The van der Waals surface area contributed by atoms with E-state index in [1.807, 2.05) is 0 Å². The summed E-state index contributed by atoms with van der Waals surface area (Å²) in [6.07, 6.45) is 4.46. The number of aryl methyl sites for hydroxylation is 2. The number of nitrogens with zero attached hydrogens (tertiary/aromatic N) is 5. The van der Waals surface area contributed by atoms with Crippen molar-refractivity contribution in [1.82, 2.24) is 19.3 Å². The largest absolute Gasteiger partial charge is 0.453 e. The van der Waals surface area contributed by atoms with Crippen molar-refractivity contribution in [2.75, 3.05) is 10.2 Å². The molecule has 3 aromatic heterocycles. The van der Waals surface area contributed by atoms with Crippen molar-refractivity contribution in [3.05, 3.63) is 107 Å². The molecule has 5 aromatic rings. The lowest BCUT2D eigenvalue weighted by Crippen LogP contribution is -2.44. The number of nitrogens with one attached hydrogen (secondary N) is 1. The summed E-state index contributed by atoms with van der Waals surface area (Å²) in [5, 5.41) is 6.38. The molecule has 0 saturated carbocycles. The van der Waals surface area contributed by atoms with E-state index < -0.39 is 63.6 Å². The number of anilines is 2. The van der Waals surface area contributed by atoms with Crippen LogP contribution < -0.4 is 20.4 Å². The molecular formula is C38H37F3N6O7. The van der Waals surface area contributed by atoms with Crippen LogP contribution in [0.5, 0.6) is 11.5 Å². The van der Waals surface area contributed by atoms with Crippen LogP contribution in [0.15, 0.2) is 78.2 Å². The number of ether oxygens (including phenoxy) is 3. The Bertz CT molecular complexity index is 2280. The summed E-state index contributed by atoms with van der Waals surface area (Å²) in [7, 11) is 3.16. The van der Waals surface area contributed by atoms with Gasteiger partial charge in [-0.15, -0.1) is 0 Å². The predicted molar refractivity (Wildman–Crippen MR) is 193 cm³/mol. The Morgan fingerprint density at radius 1 is 0.796 bits per heavy atom. The molecule has 13 nitrogen and oxygen atoms in total. The van der Waals surface area contributed by atoms with E-state index in [0.717, 1.165) is 12.1 Å². The molecule has 0 atom stereocenters. The van der Waals surface area contributed by atoms with Gasteiger partial charge < -0.3 is 24.1 Å². The third-order valence-electron chi connectivity index (χ3n) is 7.29. The molecule has 0 bridgehead atoms. The highest BCUT2D eigenvalue weighted by atomic mass is 19.1. The van der Waals surface area contributed by atoms with Gasteiger partial charge >= 0.3 is 12.2 Å². The Kier molecular flexibility index (Phi) is 10.7. The summed E-state index contributed by atoms with van der Waals surface area (Å²) in [5.74, 6) is -4.97. The molecule has 0 radical (unpaired) electrons. The highest BCUT2D eigenvalue weighted by Crippen LogP contribution is 2.41. The number of hydrogen-bond acceptors (Lipinski definition) is 9. The minimum absolute atomic E-state index is 0.0311. The van der Waals surface area contributed by atoms with E-state index in [0.29, 0.717) is 22.6 Å². The Hall–Kier alpha value is -6.45. The van der Waals surface area contributed by atoms with Gasteiger partial charge in [0.1, 0.15) is 28.3 Å². The smallest absolute Gasteiger partial charge is 0.425 e. The van der Waals surface area contributed by atoms with Crippen LogP contribution in [0.25, 0.3) is 22.3 Å². The summed E-state index contributed by atoms with van der Waals surface area (Å²) >= 11 is 0. The number of carbonyl (C=O) groups is 3. The molecule has 0 aliphatic carbocycles. The number of benzene rings is 2. The van der Waals surface area contributed by atoms with Crippen molar-refractivity contribution in [3.63, 3.8) is 0 Å². The van der Waals surface area contributed by atoms with E-state index in [4.69, 9.17) is 14.2 Å². The molecule has 0 fully saturated rings. The maximum absolute atomic E-state index is 15.7. The van der Waals surface area contributed by atoms with Gasteiger partial charge in [0, 0.05) is 62.1 Å². The molecule has 0 aliphatic heterocycles. The average Bonchev–Trinajstić information content (AvgIpc) is 3.48. The molecule has 0 aliphatic rings. The third-order valence-corrected chi connectivity index (χ3v) is 7.29. The molecule has 3 heterocycles. The maximum Gasteiger partial charge on any atom is 0.425 e. The summed E-state index contributed by atoms with van der Waals surface area (Å²) in [5.41, 5.74) is -3.15. The lowest BCUT2D eigenvalue weighted by atomic mass is 10.0. The SMILES string of the molecule is Cn1cc(C(=O)Nc2cc(F)c(Oc3ccnc(N(C(=O)OC(C)(C)C)C(=O)OC(C)(C)C)c3-c3cnn(C)c3)cc2F)c(=O)c(-c2ccc(F)cc2)c1. The topological polar surface area (TPSA) is 147 Å². The lowest BCUT2D eigenvalue weighted by molar-refractivity contribution is 0.0429. The Balaban J connectivity index is 1.53.